The molecule has 0 bridgehead atoms. The van der Waals surface area contributed by atoms with Gasteiger partial charge in [0.2, 0.25) is 0 Å². The van der Waals surface area contributed by atoms with E-state index in [1.54, 1.807) is 0 Å². The van der Waals surface area contributed by atoms with Gasteiger partial charge in [0.05, 0.1) is 6.04 Å². The molecule has 1 atom stereocenters. The summed E-state index contributed by atoms with van der Waals surface area (Å²) in [5.74, 6) is 0. The third-order valence-corrected chi connectivity index (χ3v) is 5.29. The predicted octanol–water partition coefficient (Wildman–Crippen LogP) is 3.07. The van der Waals surface area contributed by atoms with Crippen LogP contribution in [0.15, 0.2) is 42.5 Å². The zero-order chi connectivity index (χ0) is 15.8. The smallest absolute Gasteiger partial charge is 0.0672 e. The van der Waals surface area contributed by atoms with E-state index >= 15 is 0 Å². The average molecular weight is 328 g/mol. The van der Waals surface area contributed by atoms with Gasteiger partial charge in [-0.3, -0.25) is 4.90 Å². The van der Waals surface area contributed by atoms with Crippen LogP contribution in [0.4, 0.5) is 5.69 Å². The van der Waals surface area contributed by atoms with Gasteiger partial charge in [-0.2, -0.15) is 0 Å². The number of rotatable bonds is 2. The van der Waals surface area contributed by atoms with Crippen LogP contribution >= 0.6 is 11.6 Å². The summed E-state index contributed by atoms with van der Waals surface area (Å²) in [5.41, 5.74) is 11.3. The van der Waals surface area contributed by atoms with E-state index < -0.39 is 0 Å². The van der Waals surface area contributed by atoms with E-state index in [1.807, 2.05) is 6.07 Å². The molecule has 0 unspecified atom stereocenters. The Kier molecular flexibility index (Phi) is 4.02. The Morgan fingerprint density at radius 1 is 1.09 bits per heavy atom. The molecule has 3 nitrogen and oxygen atoms in total. The van der Waals surface area contributed by atoms with Gasteiger partial charge in [0.25, 0.3) is 0 Å². The maximum atomic E-state index is 6.26. The van der Waals surface area contributed by atoms with E-state index in [4.69, 9.17) is 17.3 Å². The lowest BCUT2D eigenvalue weighted by Crippen LogP contribution is -2.49. The summed E-state index contributed by atoms with van der Waals surface area (Å²) in [4.78, 5) is 5.05. The first kappa shape index (κ1) is 15.0. The molecule has 2 aromatic carbocycles. The minimum absolute atomic E-state index is 0.397. The van der Waals surface area contributed by atoms with Gasteiger partial charge in [-0.1, -0.05) is 35.9 Å². The number of nitrogens with zero attached hydrogens (tertiary/aromatic N) is 2. The summed E-state index contributed by atoms with van der Waals surface area (Å²) in [7, 11) is 0. The molecule has 0 amide bonds. The minimum Gasteiger partial charge on any atom is -0.362 e. The molecule has 2 aromatic rings. The number of nitrogens with two attached hydrogens (primary N) is 1. The second-order valence-electron chi connectivity index (χ2n) is 6.45. The largest absolute Gasteiger partial charge is 0.362 e. The van der Waals surface area contributed by atoms with Crippen molar-refractivity contribution in [1.82, 2.24) is 4.90 Å². The molecule has 0 radical (unpaired) electrons. The van der Waals surface area contributed by atoms with Crippen LogP contribution in [-0.2, 0) is 6.42 Å². The van der Waals surface area contributed by atoms with E-state index in [2.05, 4.69) is 46.2 Å². The first-order valence-electron chi connectivity index (χ1n) is 8.31. The molecular formula is C19H22ClN3. The second-order valence-corrected chi connectivity index (χ2v) is 6.88. The van der Waals surface area contributed by atoms with Crippen LogP contribution in [-0.4, -0.2) is 37.6 Å². The number of hydrogen-bond acceptors (Lipinski definition) is 3. The van der Waals surface area contributed by atoms with E-state index in [9.17, 15) is 0 Å². The number of halogens is 1. The highest BCUT2D eigenvalue weighted by Gasteiger charge is 2.32. The fourth-order valence-corrected chi connectivity index (χ4v) is 4.18. The first-order chi connectivity index (χ1) is 11.3. The standard InChI is InChI=1S/C19H22ClN3/c20-16-5-6-18-15(12-16)11-14-3-1-2-4-17(14)19-13-22(8-7-21)9-10-23(18)19/h1-6,12,19H,7-11,13,21H2/t19-/m0/s1. The van der Waals surface area contributed by atoms with Crippen molar-refractivity contribution in [3.63, 3.8) is 0 Å². The predicted molar refractivity (Wildman–Crippen MR) is 96.3 cm³/mol. The van der Waals surface area contributed by atoms with E-state index in [0.717, 1.165) is 44.2 Å². The number of hydrogen-bond donors (Lipinski definition) is 1. The molecule has 4 rings (SSSR count). The lowest BCUT2D eigenvalue weighted by Gasteiger charge is -2.43. The van der Waals surface area contributed by atoms with E-state index in [1.165, 1.54) is 22.4 Å². The van der Waals surface area contributed by atoms with Gasteiger partial charge in [0, 0.05) is 43.4 Å². The molecule has 120 valence electrons. The molecule has 2 aliphatic rings. The van der Waals surface area contributed by atoms with Crippen LogP contribution in [0.2, 0.25) is 5.02 Å². The van der Waals surface area contributed by atoms with Crippen LogP contribution in [0, 0.1) is 0 Å². The Labute approximate surface area is 142 Å². The normalized spacial score (nSPS) is 20.4. The summed E-state index contributed by atoms with van der Waals surface area (Å²) < 4.78 is 0. The molecule has 2 N–H and O–H groups in total. The van der Waals surface area contributed by atoms with Crippen molar-refractivity contribution >= 4 is 17.3 Å². The molecule has 0 aromatic heterocycles. The van der Waals surface area contributed by atoms with Gasteiger partial charge in [0.1, 0.15) is 0 Å². The Hall–Kier alpha value is -1.55. The summed E-state index contributed by atoms with van der Waals surface area (Å²) in [6.45, 7) is 4.84. The Morgan fingerprint density at radius 3 is 2.83 bits per heavy atom. The van der Waals surface area contributed by atoms with Crippen LogP contribution in [0.1, 0.15) is 22.7 Å². The molecule has 4 heteroatoms. The molecule has 0 aliphatic carbocycles. The quantitative estimate of drug-likeness (QED) is 0.920. The van der Waals surface area contributed by atoms with Gasteiger partial charge in [-0.05, 0) is 41.3 Å². The Morgan fingerprint density at radius 2 is 1.96 bits per heavy atom. The van der Waals surface area contributed by atoms with Gasteiger partial charge in [0.15, 0.2) is 0 Å². The molecule has 1 saturated heterocycles. The van der Waals surface area contributed by atoms with Gasteiger partial charge in [-0.25, -0.2) is 0 Å². The number of piperazine rings is 1. The minimum atomic E-state index is 0.397. The van der Waals surface area contributed by atoms with Gasteiger partial charge < -0.3 is 10.6 Å². The van der Waals surface area contributed by atoms with E-state index in [0.29, 0.717) is 6.04 Å². The van der Waals surface area contributed by atoms with Crippen LogP contribution < -0.4 is 10.6 Å². The zero-order valence-corrected chi connectivity index (χ0v) is 14.0. The molecule has 0 saturated carbocycles. The summed E-state index contributed by atoms with van der Waals surface area (Å²) in [6.07, 6.45) is 0.954. The highest BCUT2D eigenvalue weighted by atomic mass is 35.5. The van der Waals surface area contributed by atoms with Crippen molar-refractivity contribution in [3.05, 3.63) is 64.2 Å². The van der Waals surface area contributed by atoms with Gasteiger partial charge >= 0.3 is 0 Å². The Bertz CT molecular complexity index is 716. The fraction of sp³-hybridized carbons (Fsp3) is 0.368. The molecule has 0 spiro atoms. The summed E-state index contributed by atoms with van der Waals surface area (Å²) in [6, 6.07) is 15.6. The van der Waals surface area contributed by atoms with Crippen molar-refractivity contribution in [2.75, 3.05) is 37.6 Å². The average Bonchev–Trinajstić information content (AvgIpc) is 2.69. The van der Waals surface area contributed by atoms with Crippen molar-refractivity contribution in [1.29, 1.82) is 0 Å². The topological polar surface area (TPSA) is 32.5 Å². The van der Waals surface area contributed by atoms with Crippen molar-refractivity contribution in [2.45, 2.75) is 12.5 Å². The lowest BCUT2D eigenvalue weighted by molar-refractivity contribution is 0.229. The fourth-order valence-electron chi connectivity index (χ4n) is 3.98. The number of benzene rings is 2. The van der Waals surface area contributed by atoms with Crippen LogP contribution in [0.3, 0.4) is 0 Å². The number of anilines is 1. The van der Waals surface area contributed by atoms with Crippen LogP contribution in [0.5, 0.6) is 0 Å². The zero-order valence-electron chi connectivity index (χ0n) is 13.2. The number of fused-ring (bicyclic) bond motifs is 5. The Balaban J connectivity index is 1.81. The van der Waals surface area contributed by atoms with Crippen molar-refractivity contribution in [2.24, 2.45) is 5.73 Å². The van der Waals surface area contributed by atoms with Crippen LogP contribution in [0.25, 0.3) is 0 Å². The maximum Gasteiger partial charge on any atom is 0.0672 e. The molecule has 2 aliphatic heterocycles. The van der Waals surface area contributed by atoms with E-state index in [-0.39, 0.29) is 0 Å². The first-order valence-corrected chi connectivity index (χ1v) is 8.69. The summed E-state index contributed by atoms with van der Waals surface area (Å²) >= 11 is 6.26. The molecule has 1 fully saturated rings. The van der Waals surface area contributed by atoms with Crippen molar-refractivity contribution < 1.29 is 0 Å². The monoisotopic (exact) mass is 327 g/mol. The van der Waals surface area contributed by atoms with Gasteiger partial charge in [-0.15, -0.1) is 0 Å². The molecule has 23 heavy (non-hydrogen) atoms. The summed E-state index contributed by atoms with van der Waals surface area (Å²) in [5, 5.41) is 0.821. The second kappa shape index (κ2) is 6.16. The highest BCUT2D eigenvalue weighted by molar-refractivity contribution is 6.30. The highest BCUT2D eigenvalue weighted by Crippen LogP contribution is 2.39. The molecular weight excluding hydrogens is 306 g/mol. The molecule has 2 heterocycles. The van der Waals surface area contributed by atoms with Crippen molar-refractivity contribution in [3.8, 4) is 0 Å². The lowest BCUT2D eigenvalue weighted by atomic mass is 9.96. The SMILES string of the molecule is NCCN1CCN2c3ccc(Cl)cc3Cc3ccccc3[C@@H]2C1. The third-order valence-electron chi connectivity index (χ3n) is 5.06. The maximum absolute atomic E-state index is 6.26. The third kappa shape index (κ3) is 2.74.